The quantitative estimate of drug-likeness (QED) is 0.453. The van der Waals surface area contributed by atoms with Crippen LogP contribution in [0.1, 0.15) is 49.7 Å². The molecule has 2 aromatic heterocycles. The van der Waals surface area contributed by atoms with Crippen LogP contribution in [-0.4, -0.2) is 58.9 Å². The van der Waals surface area contributed by atoms with Crippen LogP contribution in [0.3, 0.4) is 0 Å². The van der Waals surface area contributed by atoms with Crippen molar-refractivity contribution in [2.24, 2.45) is 0 Å². The number of rotatable bonds is 4. The van der Waals surface area contributed by atoms with Gasteiger partial charge < -0.3 is 15.1 Å². The van der Waals surface area contributed by atoms with Gasteiger partial charge >= 0.3 is 6.03 Å². The number of carbonyl (C=O) groups is 2. The topological polar surface area (TPSA) is 65.5 Å². The number of likely N-dealkylation sites (tertiary alicyclic amines) is 1. The van der Waals surface area contributed by atoms with Crippen LogP contribution in [0.25, 0.3) is 21.6 Å². The molecule has 1 aromatic carbocycles. The molecule has 0 radical (unpaired) electrons. The standard InChI is InChI=1S/C28H31ClN4O2S/c1-28(2,3)25-15-18(8-9-30-25)20-14-24(36-17-20)22-7-6-19(13-23(22)29)26(34)32-11-4-5-21(16-32)33-12-10-31-27(33)35/h6-9,13-15,17,21H,4-5,10-12,16H2,1-3H3,(H,31,35). The maximum Gasteiger partial charge on any atom is 0.317 e. The summed E-state index contributed by atoms with van der Waals surface area (Å²) in [5.74, 6) is -0.0360. The van der Waals surface area contributed by atoms with E-state index in [2.05, 4.69) is 48.6 Å². The predicted octanol–water partition coefficient (Wildman–Crippen LogP) is 6.06. The van der Waals surface area contributed by atoms with Crippen LogP contribution >= 0.6 is 22.9 Å². The van der Waals surface area contributed by atoms with Crippen molar-refractivity contribution >= 4 is 34.9 Å². The Labute approximate surface area is 221 Å². The van der Waals surface area contributed by atoms with E-state index in [9.17, 15) is 9.59 Å². The Morgan fingerprint density at radius 3 is 2.69 bits per heavy atom. The van der Waals surface area contributed by atoms with E-state index < -0.39 is 0 Å². The van der Waals surface area contributed by atoms with Crippen molar-refractivity contribution in [3.8, 4) is 21.6 Å². The lowest BCUT2D eigenvalue weighted by Crippen LogP contribution is -2.50. The molecule has 5 rings (SSSR count). The molecule has 2 aliphatic heterocycles. The van der Waals surface area contributed by atoms with E-state index in [-0.39, 0.29) is 23.4 Å². The Kier molecular flexibility index (Phi) is 6.79. The molecular weight excluding hydrogens is 492 g/mol. The van der Waals surface area contributed by atoms with Gasteiger partial charge in [0.05, 0.1) is 11.1 Å². The predicted molar refractivity (Wildman–Crippen MR) is 146 cm³/mol. The fourth-order valence-corrected chi connectivity index (χ4v) is 6.20. The summed E-state index contributed by atoms with van der Waals surface area (Å²) in [5, 5.41) is 5.55. The smallest absolute Gasteiger partial charge is 0.317 e. The van der Waals surface area contributed by atoms with Crippen LogP contribution in [-0.2, 0) is 5.41 Å². The zero-order valence-corrected chi connectivity index (χ0v) is 22.5. The minimum atomic E-state index is -0.0360. The molecule has 1 unspecified atom stereocenters. The van der Waals surface area contributed by atoms with Crippen LogP contribution in [0, 0.1) is 0 Å². The summed E-state index contributed by atoms with van der Waals surface area (Å²) < 4.78 is 0. The molecule has 1 atom stereocenters. The van der Waals surface area contributed by atoms with Crippen molar-refractivity contribution < 1.29 is 9.59 Å². The van der Waals surface area contributed by atoms with Gasteiger partial charge in [-0.3, -0.25) is 9.78 Å². The minimum Gasteiger partial charge on any atom is -0.337 e. The van der Waals surface area contributed by atoms with Gasteiger partial charge in [-0.25, -0.2) is 4.79 Å². The van der Waals surface area contributed by atoms with E-state index in [1.165, 1.54) is 0 Å². The first-order chi connectivity index (χ1) is 17.2. The van der Waals surface area contributed by atoms with Gasteiger partial charge in [-0.15, -0.1) is 11.3 Å². The minimum absolute atomic E-state index is 0.0180. The molecule has 3 amide bonds. The molecule has 0 aliphatic carbocycles. The molecule has 0 saturated carbocycles. The number of piperidine rings is 1. The lowest BCUT2D eigenvalue weighted by atomic mass is 9.90. The number of hydrogen-bond donors (Lipinski definition) is 1. The van der Waals surface area contributed by atoms with Gasteiger partial charge in [0.15, 0.2) is 0 Å². The molecule has 1 N–H and O–H groups in total. The van der Waals surface area contributed by atoms with Crippen molar-refractivity contribution in [3.05, 3.63) is 64.3 Å². The molecule has 36 heavy (non-hydrogen) atoms. The third-order valence-electron chi connectivity index (χ3n) is 6.96. The first-order valence-electron chi connectivity index (χ1n) is 12.4. The van der Waals surface area contributed by atoms with E-state index in [1.807, 2.05) is 34.2 Å². The van der Waals surface area contributed by atoms with Crippen molar-refractivity contribution in [2.45, 2.75) is 45.1 Å². The molecule has 2 aliphatic rings. The summed E-state index contributed by atoms with van der Waals surface area (Å²) in [5.41, 5.74) is 4.79. The van der Waals surface area contributed by atoms with Crippen LogP contribution in [0.5, 0.6) is 0 Å². The van der Waals surface area contributed by atoms with E-state index in [1.54, 1.807) is 17.4 Å². The monoisotopic (exact) mass is 522 g/mol. The molecule has 4 heterocycles. The second kappa shape index (κ2) is 9.87. The van der Waals surface area contributed by atoms with Crippen molar-refractivity contribution in [1.29, 1.82) is 0 Å². The Bertz CT molecular complexity index is 1300. The van der Waals surface area contributed by atoms with Crippen molar-refractivity contribution in [2.75, 3.05) is 26.2 Å². The number of nitrogens with zero attached hydrogens (tertiary/aromatic N) is 3. The van der Waals surface area contributed by atoms with Gasteiger partial charge in [-0.2, -0.15) is 0 Å². The third-order valence-corrected chi connectivity index (χ3v) is 8.23. The number of aromatic nitrogens is 1. The first kappa shape index (κ1) is 24.8. The van der Waals surface area contributed by atoms with E-state index in [4.69, 9.17) is 11.6 Å². The van der Waals surface area contributed by atoms with Gasteiger partial charge in [-0.1, -0.05) is 38.4 Å². The van der Waals surface area contributed by atoms with Gasteiger partial charge in [0.25, 0.3) is 5.91 Å². The lowest BCUT2D eigenvalue weighted by Gasteiger charge is -2.37. The zero-order valence-electron chi connectivity index (χ0n) is 20.9. The highest BCUT2D eigenvalue weighted by atomic mass is 35.5. The molecule has 0 spiro atoms. The Morgan fingerprint density at radius 1 is 1.14 bits per heavy atom. The molecule has 6 nitrogen and oxygen atoms in total. The summed E-state index contributed by atoms with van der Waals surface area (Å²) in [7, 11) is 0. The first-order valence-corrected chi connectivity index (χ1v) is 13.7. The molecule has 2 saturated heterocycles. The van der Waals surface area contributed by atoms with Crippen LogP contribution in [0.4, 0.5) is 4.79 Å². The number of carbonyl (C=O) groups excluding carboxylic acids is 2. The SMILES string of the molecule is CC(C)(C)c1cc(-c2csc(-c3ccc(C(=O)N4CCCC(N5CCNC5=O)C4)cc3Cl)c2)ccn1. The van der Waals surface area contributed by atoms with Gasteiger partial charge in [0, 0.05) is 59.5 Å². The fraction of sp³-hybridized carbons (Fsp3) is 0.393. The van der Waals surface area contributed by atoms with Crippen molar-refractivity contribution in [1.82, 2.24) is 20.1 Å². The Hall–Kier alpha value is -2.90. The highest BCUT2D eigenvalue weighted by Gasteiger charge is 2.33. The second-order valence-electron chi connectivity index (χ2n) is 10.5. The Balaban J connectivity index is 1.33. The number of benzene rings is 1. The summed E-state index contributed by atoms with van der Waals surface area (Å²) in [6.45, 7) is 9.11. The van der Waals surface area contributed by atoms with Gasteiger partial charge in [0.1, 0.15) is 0 Å². The molecule has 2 fully saturated rings. The van der Waals surface area contributed by atoms with Gasteiger partial charge in [-0.05, 0) is 59.7 Å². The lowest BCUT2D eigenvalue weighted by molar-refractivity contribution is 0.0634. The van der Waals surface area contributed by atoms with Crippen molar-refractivity contribution in [3.63, 3.8) is 0 Å². The highest BCUT2D eigenvalue weighted by Crippen LogP contribution is 2.37. The van der Waals surface area contributed by atoms with E-state index >= 15 is 0 Å². The summed E-state index contributed by atoms with van der Waals surface area (Å²) in [4.78, 5) is 34.7. The summed E-state index contributed by atoms with van der Waals surface area (Å²) in [6.07, 6.45) is 3.67. The highest BCUT2D eigenvalue weighted by molar-refractivity contribution is 7.14. The maximum atomic E-state index is 13.3. The number of halogens is 1. The van der Waals surface area contributed by atoms with Crippen LogP contribution in [0.15, 0.2) is 48.0 Å². The van der Waals surface area contributed by atoms with Crippen LogP contribution in [0.2, 0.25) is 5.02 Å². The maximum absolute atomic E-state index is 13.3. The fourth-order valence-electron chi connectivity index (χ4n) is 4.91. The molecular formula is C28H31ClN4O2S. The molecule has 188 valence electrons. The normalized spacial score (nSPS) is 18.4. The average Bonchev–Trinajstić information content (AvgIpc) is 3.52. The molecule has 8 heteroatoms. The average molecular weight is 523 g/mol. The molecule has 3 aromatic rings. The van der Waals surface area contributed by atoms with E-state index in [0.29, 0.717) is 36.8 Å². The number of nitrogens with one attached hydrogen (secondary N) is 1. The number of pyridine rings is 1. The van der Waals surface area contributed by atoms with Crippen LogP contribution < -0.4 is 5.32 Å². The number of amides is 3. The Morgan fingerprint density at radius 2 is 1.97 bits per heavy atom. The summed E-state index contributed by atoms with van der Waals surface area (Å²) in [6, 6.07) is 11.9. The largest absolute Gasteiger partial charge is 0.337 e. The third kappa shape index (κ3) is 5.00. The molecule has 0 bridgehead atoms. The zero-order chi connectivity index (χ0) is 25.4. The number of thiophene rings is 1. The number of urea groups is 1. The van der Waals surface area contributed by atoms with E-state index in [0.717, 1.165) is 40.1 Å². The second-order valence-corrected chi connectivity index (χ2v) is 11.9. The number of hydrogen-bond acceptors (Lipinski definition) is 4. The van der Waals surface area contributed by atoms with Gasteiger partial charge in [0.2, 0.25) is 0 Å². The summed E-state index contributed by atoms with van der Waals surface area (Å²) >= 11 is 8.34.